The topological polar surface area (TPSA) is 29.3 Å². The molecule has 3 nitrogen and oxygen atoms in total. The van der Waals surface area contributed by atoms with Gasteiger partial charge in [0.15, 0.2) is 4.96 Å². The summed E-state index contributed by atoms with van der Waals surface area (Å²) in [5.74, 6) is 0. The molecule has 3 rings (SSSR count). The average molecular weight is 278 g/mol. The Morgan fingerprint density at radius 2 is 2.33 bits per heavy atom. The zero-order chi connectivity index (χ0) is 12.5. The van der Waals surface area contributed by atoms with E-state index in [1.54, 1.807) is 11.3 Å². The quantitative estimate of drug-likeness (QED) is 0.785. The Hall–Kier alpha value is -1.52. The predicted molar refractivity (Wildman–Crippen MR) is 76.6 cm³/mol. The minimum atomic E-state index is 0.680. The van der Waals surface area contributed by atoms with Crippen LogP contribution in [0.1, 0.15) is 11.3 Å². The number of fused-ring (bicyclic) bond motifs is 1. The Kier molecular flexibility index (Phi) is 2.97. The van der Waals surface area contributed by atoms with Crippen molar-refractivity contribution in [2.75, 3.05) is 5.32 Å². The molecule has 1 N–H and O–H groups in total. The highest BCUT2D eigenvalue weighted by atomic mass is 35.5. The van der Waals surface area contributed by atoms with Crippen molar-refractivity contribution < 1.29 is 0 Å². The third-order valence-corrected chi connectivity index (χ3v) is 3.90. The van der Waals surface area contributed by atoms with Crippen molar-refractivity contribution in [2.45, 2.75) is 13.5 Å². The van der Waals surface area contributed by atoms with Crippen molar-refractivity contribution in [1.82, 2.24) is 9.38 Å². The Morgan fingerprint density at radius 3 is 3.11 bits per heavy atom. The van der Waals surface area contributed by atoms with E-state index in [0.717, 1.165) is 26.9 Å². The van der Waals surface area contributed by atoms with Crippen molar-refractivity contribution in [3.63, 3.8) is 0 Å². The number of thiazole rings is 1. The van der Waals surface area contributed by atoms with Gasteiger partial charge in [0, 0.05) is 17.8 Å². The summed E-state index contributed by atoms with van der Waals surface area (Å²) in [4.78, 5) is 5.54. The van der Waals surface area contributed by atoms with Crippen LogP contribution in [-0.4, -0.2) is 9.38 Å². The van der Waals surface area contributed by atoms with E-state index in [0.29, 0.717) is 6.54 Å². The molecule has 5 heteroatoms. The number of hydrogen-bond acceptors (Lipinski definition) is 3. The highest BCUT2D eigenvalue weighted by Crippen LogP contribution is 2.25. The maximum absolute atomic E-state index is 6.17. The number of imidazole rings is 1. The van der Waals surface area contributed by atoms with Gasteiger partial charge in [-0.05, 0) is 18.6 Å². The SMILES string of the molecule is Cc1cccc(Cl)c1NCc1cn2ccsc2n1. The van der Waals surface area contributed by atoms with Crippen LogP contribution in [-0.2, 0) is 6.54 Å². The lowest BCUT2D eigenvalue weighted by atomic mass is 10.2. The smallest absolute Gasteiger partial charge is 0.193 e. The van der Waals surface area contributed by atoms with Crippen molar-refractivity contribution in [3.05, 3.63) is 52.3 Å². The Morgan fingerprint density at radius 1 is 1.44 bits per heavy atom. The molecular formula is C13H12ClN3S. The molecule has 3 aromatic rings. The number of nitrogens with one attached hydrogen (secondary N) is 1. The maximum atomic E-state index is 6.17. The minimum Gasteiger partial charge on any atom is -0.378 e. The molecule has 0 saturated heterocycles. The molecule has 0 bridgehead atoms. The second-order valence-electron chi connectivity index (χ2n) is 4.11. The molecule has 0 aliphatic carbocycles. The van der Waals surface area contributed by atoms with Gasteiger partial charge in [0.05, 0.1) is 22.9 Å². The fourth-order valence-electron chi connectivity index (χ4n) is 1.90. The lowest BCUT2D eigenvalue weighted by Crippen LogP contribution is -2.01. The first kappa shape index (κ1) is 11.6. The van der Waals surface area contributed by atoms with E-state index < -0.39 is 0 Å². The molecule has 0 amide bonds. The van der Waals surface area contributed by atoms with Crippen LogP contribution in [0.25, 0.3) is 4.96 Å². The maximum Gasteiger partial charge on any atom is 0.193 e. The summed E-state index contributed by atoms with van der Waals surface area (Å²) in [6.45, 7) is 2.72. The zero-order valence-electron chi connectivity index (χ0n) is 9.85. The minimum absolute atomic E-state index is 0.680. The first-order chi connectivity index (χ1) is 8.74. The summed E-state index contributed by atoms with van der Waals surface area (Å²) in [6, 6.07) is 5.89. The van der Waals surface area contributed by atoms with Gasteiger partial charge in [-0.15, -0.1) is 11.3 Å². The lowest BCUT2D eigenvalue weighted by molar-refractivity contribution is 1.07. The van der Waals surface area contributed by atoms with Gasteiger partial charge in [0.1, 0.15) is 0 Å². The molecule has 0 saturated carbocycles. The van der Waals surface area contributed by atoms with Crippen LogP contribution in [0, 0.1) is 6.92 Å². The van der Waals surface area contributed by atoms with Crippen molar-refractivity contribution in [2.24, 2.45) is 0 Å². The molecular weight excluding hydrogens is 266 g/mol. The number of halogens is 1. The second-order valence-corrected chi connectivity index (χ2v) is 5.39. The average Bonchev–Trinajstić information content (AvgIpc) is 2.88. The number of benzene rings is 1. The number of rotatable bonds is 3. The Balaban J connectivity index is 1.80. The molecule has 0 fully saturated rings. The normalized spacial score (nSPS) is 11.0. The second kappa shape index (κ2) is 4.63. The van der Waals surface area contributed by atoms with E-state index in [1.165, 1.54) is 0 Å². The summed E-state index contributed by atoms with van der Waals surface area (Å²) < 4.78 is 2.03. The summed E-state index contributed by atoms with van der Waals surface area (Å²) >= 11 is 7.80. The largest absolute Gasteiger partial charge is 0.378 e. The molecule has 0 aliphatic heterocycles. The highest BCUT2D eigenvalue weighted by molar-refractivity contribution is 7.15. The van der Waals surface area contributed by atoms with Gasteiger partial charge in [-0.25, -0.2) is 4.98 Å². The van der Waals surface area contributed by atoms with Gasteiger partial charge in [-0.1, -0.05) is 23.7 Å². The van der Waals surface area contributed by atoms with E-state index in [4.69, 9.17) is 11.6 Å². The van der Waals surface area contributed by atoms with Crippen LogP contribution in [0.5, 0.6) is 0 Å². The number of hydrogen-bond donors (Lipinski definition) is 1. The first-order valence-corrected chi connectivity index (χ1v) is 6.90. The number of nitrogens with zero attached hydrogens (tertiary/aromatic N) is 2. The summed E-state index contributed by atoms with van der Waals surface area (Å²) in [5.41, 5.74) is 3.14. The summed E-state index contributed by atoms with van der Waals surface area (Å²) in [5, 5.41) is 6.12. The Bertz CT molecular complexity index is 638. The standard InChI is InChI=1S/C13H12ClN3S/c1-9-3-2-4-11(14)12(9)15-7-10-8-17-5-6-18-13(17)16-10/h2-6,8,15H,7H2,1H3. The third-order valence-electron chi connectivity index (χ3n) is 2.81. The van der Waals surface area contributed by atoms with Gasteiger partial charge in [0.25, 0.3) is 0 Å². The molecule has 0 aliphatic rings. The van der Waals surface area contributed by atoms with E-state index in [2.05, 4.69) is 10.3 Å². The third kappa shape index (κ3) is 2.09. The van der Waals surface area contributed by atoms with E-state index in [9.17, 15) is 0 Å². The van der Waals surface area contributed by atoms with Gasteiger partial charge in [-0.2, -0.15) is 0 Å². The fourth-order valence-corrected chi connectivity index (χ4v) is 2.90. The van der Waals surface area contributed by atoms with Gasteiger partial charge in [0.2, 0.25) is 0 Å². The summed E-state index contributed by atoms with van der Waals surface area (Å²) in [7, 11) is 0. The molecule has 2 aromatic heterocycles. The predicted octanol–water partition coefficient (Wildman–Crippen LogP) is 3.97. The molecule has 0 atom stereocenters. The van der Waals surface area contributed by atoms with Crippen LogP contribution in [0.2, 0.25) is 5.02 Å². The van der Waals surface area contributed by atoms with Gasteiger partial charge in [-0.3, -0.25) is 4.40 Å². The van der Waals surface area contributed by atoms with Crippen LogP contribution < -0.4 is 5.32 Å². The lowest BCUT2D eigenvalue weighted by Gasteiger charge is -2.09. The molecule has 0 spiro atoms. The first-order valence-electron chi connectivity index (χ1n) is 5.64. The van der Waals surface area contributed by atoms with Gasteiger partial charge >= 0.3 is 0 Å². The number of aromatic nitrogens is 2. The number of anilines is 1. The fraction of sp³-hybridized carbons (Fsp3) is 0.154. The van der Waals surface area contributed by atoms with Crippen molar-refractivity contribution in [3.8, 4) is 0 Å². The zero-order valence-corrected chi connectivity index (χ0v) is 11.4. The summed E-state index contributed by atoms with van der Waals surface area (Å²) in [6.07, 6.45) is 4.04. The van der Waals surface area contributed by atoms with Gasteiger partial charge < -0.3 is 5.32 Å². The van der Waals surface area contributed by atoms with Crippen LogP contribution in [0.4, 0.5) is 5.69 Å². The highest BCUT2D eigenvalue weighted by Gasteiger charge is 2.05. The van der Waals surface area contributed by atoms with Crippen molar-refractivity contribution >= 4 is 33.6 Å². The molecule has 0 unspecified atom stereocenters. The number of para-hydroxylation sites is 1. The van der Waals surface area contributed by atoms with Crippen LogP contribution in [0.15, 0.2) is 36.0 Å². The molecule has 1 aromatic carbocycles. The van der Waals surface area contributed by atoms with Crippen LogP contribution in [0.3, 0.4) is 0 Å². The molecule has 0 radical (unpaired) electrons. The monoisotopic (exact) mass is 277 g/mol. The Labute approximate surface area is 114 Å². The molecule has 92 valence electrons. The van der Waals surface area contributed by atoms with E-state index in [1.807, 2.05) is 47.3 Å². The van der Waals surface area contributed by atoms with E-state index >= 15 is 0 Å². The van der Waals surface area contributed by atoms with Crippen LogP contribution >= 0.6 is 22.9 Å². The molecule has 18 heavy (non-hydrogen) atoms. The molecule has 2 heterocycles. The number of aryl methyl sites for hydroxylation is 1. The van der Waals surface area contributed by atoms with E-state index in [-0.39, 0.29) is 0 Å². The van der Waals surface area contributed by atoms with Crippen molar-refractivity contribution in [1.29, 1.82) is 0 Å².